The van der Waals surface area contributed by atoms with Gasteiger partial charge in [0, 0.05) is 5.92 Å². The summed E-state index contributed by atoms with van der Waals surface area (Å²) in [6.45, 7) is 0. The minimum atomic E-state index is -4.19. The second kappa shape index (κ2) is 6.20. The number of halogens is 2. The van der Waals surface area contributed by atoms with Gasteiger partial charge >= 0.3 is 11.9 Å². The van der Waals surface area contributed by atoms with Gasteiger partial charge in [0.05, 0.1) is 5.56 Å². The molecule has 0 bridgehead atoms. The van der Waals surface area contributed by atoms with Gasteiger partial charge in [0.25, 0.3) is 0 Å². The van der Waals surface area contributed by atoms with Crippen molar-refractivity contribution < 1.29 is 28.2 Å². The summed E-state index contributed by atoms with van der Waals surface area (Å²) < 4.78 is 32.4. The van der Waals surface area contributed by atoms with Crippen LogP contribution in [0.4, 0.5) is 8.78 Å². The highest BCUT2D eigenvalue weighted by atomic mass is 19.3. The summed E-state index contributed by atoms with van der Waals surface area (Å²) in [5.74, 6) is -8.32. The molecule has 6 heteroatoms. The van der Waals surface area contributed by atoms with E-state index in [1.165, 1.54) is 12.1 Å². The molecule has 0 heterocycles. The summed E-state index contributed by atoms with van der Waals surface area (Å²) >= 11 is 0. The molecule has 1 unspecified atom stereocenters. The van der Waals surface area contributed by atoms with Crippen LogP contribution in [-0.4, -0.2) is 24.0 Å². The SMILES string of the molecule is O=C(OC(C1CCCC1)C(F)(F)C(=O)[O-])c1ccccc1. The van der Waals surface area contributed by atoms with E-state index < -0.39 is 29.9 Å². The van der Waals surface area contributed by atoms with Crippen molar-refractivity contribution in [1.29, 1.82) is 0 Å². The largest absolute Gasteiger partial charge is 0.544 e. The molecule has 0 radical (unpaired) electrons. The zero-order valence-electron chi connectivity index (χ0n) is 11.3. The van der Waals surface area contributed by atoms with Crippen LogP contribution in [0.1, 0.15) is 36.0 Å². The number of benzene rings is 1. The van der Waals surface area contributed by atoms with Gasteiger partial charge in [0.1, 0.15) is 5.97 Å². The Morgan fingerprint density at radius 1 is 1.19 bits per heavy atom. The van der Waals surface area contributed by atoms with Gasteiger partial charge in [-0.3, -0.25) is 0 Å². The Bertz CT molecular complexity index is 510. The number of alkyl halides is 2. The number of carboxylic acid groups (broad SMARTS) is 1. The van der Waals surface area contributed by atoms with Crippen LogP contribution in [-0.2, 0) is 9.53 Å². The molecule has 1 atom stereocenters. The van der Waals surface area contributed by atoms with E-state index in [1.54, 1.807) is 18.2 Å². The molecule has 0 spiro atoms. The first-order chi connectivity index (χ1) is 9.93. The lowest BCUT2D eigenvalue weighted by molar-refractivity contribution is -0.337. The molecular formula is C15H15F2O4-. The highest BCUT2D eigenvalue weighted by Crippen LogP contribution is 2.37. The Balaban J connectivity index is 2.20. The number of hydrogen-bond acceptors (Lipinski definition) is 4. The van der Waals surface area contributed by atoms with Gasteiger partial charge in [-0.2, -0.15) is 8.78 Å². The van der Waals surface area contributed by atoms with E-state index in [9.17, 15) is 23.5 Å². The van der Waals surface area contributed by atoms with Crippen molar-refractivity contribution in [2.75, 3.05) is 0 Å². The molecule has 1 fully saturated rings. The van der Waals surface area contributed by atoms with E-state index in [2.05, 4.69) is 0 Å². The molecule has 0 aliphatic heterocycles. The number of rotatable bonds is 5. The first kappa shape index (κ1) is 15.4. The van der Waals surface area contributed by atoms with E-state index in [1.807, 2.05) is 0 Å². The second-order valence-electron chi connectivity index (χ2n) is 5.15. The highest BCUT2D eigenvalue weighted by Gasteiger charge is 2.49. The smallest absolute Gasteiger partial charge is 0.338 e. The number of carbonyl (C=O) groups excluding carboxylic acids is 2. The van der Waals surface area contributed by atoms with Crippen LogP contribution in [0.15, 0.2) is 30.3 Å². The minimum Gasteiger partial charge on any atom is -0.544 e. The van der Waals surface area contributed by atoms with Crippen molar-refractivity contribution in [2.24, 2.45) is 5.92 Å². The van der Waals surface area contributed by atoms with Crippen molar-refractivity contribution in [3.63, 3.8) is 0 Å². The van der Waals surface area contributed by atoms with Crippen LogP contribution in [0.2, 0.25) is 0 Å². The highest BCUT2D eigenvalue weighted by molar-refractivity contribution is 5.89. The van der Waals surface area contributed by atoms with Crippen LogP contribution in [0.3, 0.4) is 0 Å². The van der Waals surface area contributed by atoms with Gasteiger partial charge < -0.3 is 14.6 Å². The van der Waals surface area contributed by atoms with Crippen molar-refractivity contribution >= 4 is 11.9 Å². The molecule has 0 amide bonds. The Hall–Kier alpha value is -1.98. The molecule has 1 saturated carbocycles. The number of hydrogen-bond donors (Lipinski definition) is 0. The minimum absolute atomic E-state index is 0.106. The van der Waals surface area contributed by atoms with Gasteiger partial charge in [-0.25, -0.2) is 4.79 Å². The summed E-state index contributed by atoms with van der Waals surface area (Å²) in [6, 6.07) is 7.65. The number of ether oxygens (including phenoxy) is 1. The van der Waals surface area contributed by atoms with Crippen LogP contribution in [0, 0.1) is 5.92 Å². The summed E-state index contributed by atoms with van der Waals surface area (Å²) in [7, 11) is 0. The molecule has 1 aliphatic carbocycles. The summed E-state index contributed by atoms with van der Waals surface area (Å²) in [5, 5.41) is 10.7. The van der Waals surface area contributed by atoms with Gasteiger partial charge in [-0.15, -0.1) is 0 Å². The van der Waals surface area contributed by atoms with Crippen LogP contribution in [0.25, 0.3) is 0 Å². The van der Waals surface area contributed by atoms with Crippen molar-refractivity contribution in [1.82, 2.24) is 0 Å². The number of carboxylic acids is 1. The normalized spacial score (nSPS) is 17.4. The fraction of sp³-hybridized carbons (Fsp3) is 0.467. The molecule has 0 N–H and O–H groups in total. The molecule has 1 aliphatic rings. The lowest BCUT2D eigenvalue weighted by Gasteiger charge is -2.31. The zero-order valence-corrected chi connectivity index (χ0v) is 11.3. The molecule has 0 saturated heterocycles. The van der Waals surface area contributed by atoms with Crippen molar-refractivity contribution in [3.05, 3.63) is 35.9 Å². The van der Waals surface area contributed by atoms with E-state index in [-0.39, 0.29) is 5.56 Å². The topological polar surface area (TPSA) is 66.4 Å². The molecule has 4 nitrogen and oxygen atoms in total. The van der Waals surface area contributed by atoms with Crippen LogP contribution < -0.4 is 5.11 Å². The molecule has 1 aromatic rings. The quantitative estimate of drug-likeness (QED) is 0.777. The third kappa shape index (κ3) is 3.37. The fourth-order valence-electron chi connectivity index (χ4n) is 2.60. The molecule has 2 rings (SSSR count). The predicted molar refractivity (Wildman–Crippen MR) is 67.6 cm³/mol. The Morgan fingerprint density at radius 2 is 1.76 bits per heavy atom. The summed E-state index contributed by atoms with van der Waals surface area (Å²) in [6.07, 6.45) is 0.267. The Morgan fingerprint density at radius 3 is 2.29 bits per heavy atom. The van der Waals surface area contributed by atoms with E-state index in [0.29, 0.717) is 25.7 Å². The van der Waals surface area contributed by atoms with Gasteiger partial charge in [-0.1, -0.05) is 31.0 Å². The number of aliphatic carboxylic acids is 1. The monoisotopic (exact) mass is 297 g/mol. The van der Waals surface area contributed by atoms with Crippen LogP contribution >= 0.6 is 0 Å². The first-order valence-electron chi connectivity index (χ1n) is 6.78. The van der Waals surface area contributed by atoms with Crippen molar-refractivity contribution in [2.45, 2.75) is 37.7 Å². The Labute approximate surface area is 120 Å². The third-order valence-electron chi connectivity index (χ3n) is 3.70. The van der Waals surface area contributed by atoms with E-state index in [4.69, 9.17) is 4.74 Å². The van der Waals surface area contributed by atoms with Gasteiger partial charge in [-0.05, 0) is 25.0 Å². The van der Waals surface area contributed by atoms with Crippen molar-refractivity contribution in [3.8, 4) is 0 Å². The summed E-state index contributed by atoms with van der Waals surface area (Å²) in [4.78, 5) is 22.6. The first-order valence-corrected chi connectivity index (χ1v) is 6.78. The maximum Gasteiger partial charge on any atom is 0.338 e. The van der Waals surface area contributed by atoms with E-state index >= 15 is 0 Å². The molecular weight excluding hydrogens is 282 g/mol. The Kier molecular flexibility index (Phi) is 4.55. The standard InChI is InChI=1S/C15H16F2O4/c16-15(17,14(19)20)12(10-6-4-5-7-10)21-13(18)11-8-2-1-3-9-11/h1-3,8-10,12H,4-7H2,(H,19,20)/p-1. The average molecular weight is 297 g/mol. The molecule has 21 heavy (non-hydrogen) atoms. The summed E-state index contributed by atoms with van der Waals surface area (Å²) in [5.41, 5.74) is 0.106. The maximum atomic E-state index is 13.8. The van der Waals surface area contributed by atoms with Crippen LogP contribution in [0.5, 0.6) is 0 Å². The third-order valence-corrected chi connectivity index (χ3v) is 3.70. The zero-order chi connectivity index (χ0) is 15.5. The van der Waals surface area contributed by atoms with Gasteiger partial charge in [0.15, 0.2) is 6.10 Å². The fourth-order valence-corrected chi connectivity index (χ4v) is 2.60. The average Bonchev–Trinajstić information content (AvgIpc) is 2.98. The molecule has 0 aromatic heterocycles. The number of carbonyl (C=O) groups is 2. The maximum absolute atomic E-state index is 13.8. The molecule has 1 aromatic carbocycles. The predicted octanol–water partition coefficient (Wildman–Crippen LogP) is 1.79. The van der Waals surface area contributed by atoms with E-state index in [0.717, 1.165) is 0 Å². The second-order valence-corrected chi connectivity index (χ2v) is 5.15. The lowest BCUT2D eigenvalue weighted by atomic mass is 9.95. The lowest BCUT2D eigenvalue weighted by Crippen LogP contribution is -2.53. The molecule has 114 valence electrons. The van der Waals surface area contributed by atoms with Gasteiger partial charge in [0.2, 0.25) is 0 Å². The number of esters is 1.